The fourth-order valence-electron chi connectivity index (χ4n) is 6.61. The molecule has 0 radical (unpaired) electrons. The molecule has 5 atom stereocenters. The Kier molecular flexibility index (Phi) is 7.68. The summed E-state index contributed by atoms with van der Waals surface area (Å²) in [6.45, 7) is 5.02. The van der Waals surface area contributed by atoms with E-state index >= 15 is 0 Å². The lowest BCUT2D eigenvalue weighted by molar-refractivity contribution is -0.154. The molecule has 1 unspecified atom stereocenters. The van der Waals surface area contributed by atoms with Crippen LogP contribution < -0.4 is 4.90 Å². The average Bonchev–Trinajstić information content (AvgIpc) is 3.22. The summed E-state index contributed by atoms with van der Waals surface area (Å²) in [5.74, 6) is -2.16. The van der Waals surface area contributed by atoms with Gasteiger partial charge < -0.3 is 19.6 Å². The number of aliphatic hydroxyl groups is 1. The summed E-state index contributed by atoms with van der Waals surface area (Å²) in [5, 5.41) is 9.74. The van der Waals surface area contributed by atoms with Crippen molar-refractivity contribution in [3.8, 4) is 0 Å². The van der Waals surface area contributed by atoms with Crippen molar-refractivity contribution >= 4 is 46.8 Å². The zero-order valence-electron chi connectivity index (χ0n) is 21.9. The van der Waals surface area contributed by atoms with Crippen molar-refractivity contribution in [3.63, 3.8) is 0 Å². The van der Waals surface area contributed by atoms with Crippen LogP contribution in [0.15, 0.2) is 42.5 Å². The maximum absolute atomic E-state index is 14.5. The Morgan fingerprint density at radius 1 is 1.11 bits per heavy atom. The number of thioether (sulfide) groups is 1. The van der Waals surface area contributed by atoms with Crippen LogP contribution in [-0.4, -0.2) is 69.6 Å². The van der Waals surface area contributed by atoms with E-state index in [1.165, 1.54) is 0 Å². The zero-order chi connectivity index (χ0) is 27.1. The number of unbranched alkanes of at least 4 members (excludes halogenated alkanes) is 2. The van der Waals surface area contributed by atoms with Crippen LogP contribution in [0.2, 0.25) is 5.02 Å². The van der Waals surface area contributed by atoms with Crippen molar-refractivity contribution in [1.82, 2.24) is 4.90 Å². The van der Waals surface area contributed by atoms with Gasteiger partial charge in [0, 0.05) is 24.4 Å². The van der Waals surface area contributed by atoms with Crippen molar-refractivity contribution in [2.24, 2.45) is 11.8 Å². The number of aryl methyl sites for hydroxylation is 1. The molecule has 5 rings (SSSR count). The number of aliphatic hydroxyl groups excluding tert-OH is 1. The number of benzene rings is 1. The van der Waals surface area contributed by atoms with Gasteiger partial charge in [0.2, 0.25) is 5.91 Å². The van der Waals surface area contributed by atoms with Gasteiger partial charge in [-0.3, -0.25) is 14.4 Å². The highest BCUT2D eigenvalue weighted by molar-refractivity contribution is 8.02. The van der Waals surface area contributed by atoms with Crippen LogP contribution in [0.4, 0.5) is 5.69 Å². The number of hydrogen-bond donors (Lipinski definition) is 1. The Bertz CT molecular complexity index is 1170. The average molecular weight is 559 g/mol. The Balaban J connectivity index is 1.62. The number of likely N-dealkylation sites (tertiary alicyclic amines) is 1. The molecule has 0 aliphatic carbocycles. The molecule has 1 aromatic rings. The molecule has 204 valence electrons. The molecular formula is C29H35ClN2O5S. The lowest BCUT2D eigenvalue weighted by Crippen LogP contribution is -2.53. The third-order valence-corrected chi connectivity index (χ3v) is 10.4. The van der Waals surface area contributed by atoms with E-state index in [9.17, 15) is 19.5 Å². The van der Waals surface area contributed by atoms with Gasteiger partial charge in [0.15, 0.2) is 0 Å². The first-order valence-electron chi connectivity index (χ1n) is 13.5. The second-order valence-electron chi connectivity index (χ2n) is 10.8. The Labute approximate surface area is 233 Å². The summed E-state index contributed by atoms with van der Waals surface area (Å²) in [7, 11) is 0. The van der Waals surface area contributed by atoms with E-state index in [0.717, 1.165) is 24.8 Å². The van der Waals surface area contributed by atoms with Gasteiger partial charge in [-0.2, -0.15) is 0 Å². The van der Waals surface area contributed by atoms with Crippen molar-refractivity contribution < 1.29 is 24.2 Å². The lowest BCUT2D eigenvalue weighted by atomic mass is 9.74. The number of halogens is 1. The molecule has 2 amide bonds. The molecule has 4 aliphatic heterocycles. The third-order valence-electron chi connectivity index (χ3n) is 8.27. The first-order chi connectivity index (χ1) is 18.2. The number of ether oxygens (including phenoxy) is 1. The summed E-state index contributed by atoms with van der Waals surface area (Å²) in [5.41, 5.74) is 1.52. The zero-order valence-corrected chi connectivity index (χ0v) is 23.5. The van der Waals surface area contributed by atoms with E-state index in [4.69, 9.17) is 16.3 Å². The lowest BCUT2D eigenvalue weighted by Gasteiger charge is -2.37. The second kappa shape index (κ2) is 10.7. The third kappa shape index (κ3) is 4.38. The van der Waals surface area contributed by atoms with Crippen LogP contribution in [0.25, 0.3) is 0 Å². The van der Waals surface area contributed by atoms with E-state index in [-0.39, 0.29) is 24.4 Å². The molecule has 1 spiro atoms. The highest BCUT2D eigenvalue weighted by atomic mass is 35.5. The van der Waals surface area contributed by atoms with Gasteiger partial charge >= 0.3 is 5.97 Å². The minimum Gasteiger partial charge on any atom is -0.465 e. The number of allylic oxidation sites excluding steroid dienone is 1. The van der Waals surface area contributed by atoms with Crippen molar-refractivity contribution in [2.45, 2.75) is 61.5 Å². The first kappa shape index (κ1) is 27.3. The molecule has 1 N–H and O–H groups in total. The second-order valence-corrected chi connectivity index (χ2v) is 13.0. The number of carbonyl (C=O) groups is 3. The topological polar surface area (TPSA) is 87.2 Å². The maximum Gasteiger partial charge on any atom is 0.311 e. The summed E-state index contributed by atoms with van der Waals surface area (Å²) >= 11 is 8.16. The number of esters is 1. The number of hydrogen-bond acceptors (Lipinski definition) is 6. The molecule has 7 nitrogen and oxygen atoms in total. The molecule has 0 aromatic heterocycles. The number of amides is 2. The number of nitrogens with zero attached hydrogens (tertiary/aromatic N) is 2. The molecule has 38 heavy (non-hydrogen) atoms. The van der Waals surface area contributed by atoms with E-state index in [0.29, 0.717) is 43.2 Å². The van der Waals surface area contributed by atoms with Crippen LogP contribution in [0.3, 0.4) is 0 Å². The maximum atomic E-state index is 14.5. The number of anilines is 1. The number of cyclic esters (lactones) is 1. The summed E-state index contributed by atoms with van der Waals surface area (Å²) < 4.78 is 4.06. The van der Waals surface area contributed by atoms with Gasteiger partial charge in [0.25, 0.3) is 5.91 Å². The van der Waals surface area contributed by atoms with Crippen LogP contribution in [0.1, 0.15) is 44.6 Å². The quantitative estimate of drug-likeness (QED) is 0.318. The molecular weight excluding hydrogens is 524 g/mol. The van der Waals surface area contributed by atoms with Gasteiger partial charge in [-0.25, -0.2) is 0 Å². The Morgan fingerprint density at radius 2 is 1.92 bits per heavy atom. The minimum atomic E-state index is -0.920. The van der Waals surface area contributed by atoms with Gasteiger partial charge in [-0.1, -0.05) is 48.0 Å². The van der Waals surface area contributed by atoms with Crippen molar-refractivity contribution in [1.29, 1.82) is 0 Å². The largest absolute Gasteiger partial charge is 0.465 e. The minimum absolute atomic E-state index is 0.0830. The van der Waals surface area contributed by atoms with Crippen LogP contribution in [0.5, 0.6) is 0 Å². The van der Waals surface area contributed by atoms with E-state index in [2.05, 4.69) is 12.2 Å². The standard InChI is InChI=1S/C29H35ClN2O5S/c1-19-11-9-12-20(30)23(19)31-16-10-14-29-21(22-27(36)37-18-8-3-5-13-28(22,2)38-29)25(34)32(24(29)26(31)35)15-6-4-7-17-33/h5,9-14,21-22,24,33H,3-4,6-8,15-18H2,1-2H3/b13-5-/t21-,22-,24?,28+,29-/m0/s1. The first-order valence-corrected chi connectivity index (χ1v) is 14.6. The fourth-order valence-corrected chi connectivity index (χ4v) is 9.09. The van der Waals surface area contributed by atoms with Crippen LogP contribution >= 0.6 is 23.4 Å². The van der Waals surface area contributed by atoms with Gasteiger partial charge in [-0.05, 0) is 57.6 Å². The molecule has 0 bridgehead atoms. The predicted molar refractivity (Wildman–Crippen MR) is 149 cm³/mol. The van der Waals surface area contributed by atoms with E-state index in [1.54, 1.807) is 27.6 Å². The SMILES string of the molecule is Cc1cccc(Cl)c1N1CC=C[C@]23S[C@]4(C)/C=C\CCCOC(=O)[C@@H]4[C@H]2C(=O)N(CCCCCO)C3C1=O. The van der Waals surface area contributed by atoms with Crippen LogP contribution in [0, 0.1) is 18.8 Å². The van der Waals surface area contributed by atoms with E-state index in [1.807, 2.05) is 38.1 Å². The molecule has 4 aliphatic rings. The molecule has 2 saturated heterocycles. The van der Waals surface area contributed by atoms with E-state index < -0.39 is 27.4 Å². The van der Waals surface area contributed by atoms with Crippen molar-refractivity contribution in [2.75, 3.05) is 31.2 Å². The summed E-state index contributed by atoms with van der Waals surface area (Å²) in [4.78, 5) is 45.7. The van der Waals surface area contributed by atoms with Crippen LogP contribution in [-0.2, 0) is 19.1 Å². The fraction of sp³-hybridized carbons (Fsp3) is 0.552. The number of fused-ring (bicyclic) bond motifs is 2. The number of carbonyl (C=O) groups excluding carboxylic acids is 3. The molecule has 1 aromatic carbocycles. The molecule has 9 heteroatoms. The predicted octanol–water partition coefficient (Wildman–Crippen LogP) is 4.29. The smallest absolute Gasteiger partial charge is 0.311 e. The summed E-state index contributed by atoms with van der Waals surface area (Å²) in [6, 6.07) is 4.76. The van der Waals surface area contributed by atoms with Crippen molar-refractivity contribution in [3.05, 3.63) is 53.1 Å². The molecule has 2 fully saturated rings. The van der Waals surface area contributed by atoms with Gasteiger partial charge in [0.1, 0.15) is 6.04 Å². The highest BCUT2D eigenvalue weighted by Crippen LogP contribution is 2.65. The summed E-state index contributed by atoms with van der Waals surface area (Å²) in [6.07, 6.45) is 11.6. The number of para-hydroxylation sites is 1. The Morgan fingerprint density at radius 3 is 2.68 bits per heavy atom. The monoisotopic (exact) mass is 558 g/mol. The molecule has 0 saturated carbocycles. The van der Waals surface area contributed by atoms with Gasteiger partial charge in [-0.15, -0.1) is 11.8 Å². The number of rotatable bonds is 6. The Hall–Kier alpha value is -2.29. The van der Waals surface area contributed by atoms with Gasteiger partial charge in [0.05, 0.1) is 33.9 Å². The normalized spacial score (nSPS) is 33.6. The highest BCUT2D eigenvalue weighted by Gasteiger charge is 2.73. The molecule has 4 heterocycles.